The van der Waals surface area contributed by atoms with E-state index in [1.165, 1.54) is 6.33 Å². The molecule has 0 N–H and O–H groups in total. The van der Waals surface area contributed by atoms with Crippen molar-refractivity contribution in [2.24, 2.45) is 0 Å². The molecule has 0 amide bonds. The van der Waals surface area contributed by atoms with E-state index in [0.29, 0.717) is 11.0 Å². The zero-order chi connectivity index (χ0) is 9.97. The lowest BCUT2D eigenvalue weighted by Gasteiger charge is -1.99. The second-order valence-corrected chi connectivity index (χ2v) is 3.18. The summed E-state index contributed by atoms with van der Waals surface area (Å²) in [6.45, 7) is 2.03. The van der Waals surface area contributed by atoms with Crippen LogP contribution in [0.1, 0.15) is 12.6 Å². The summed E-state index contributed by atoms with van der Waals surface area (Å²) in [6, 6.07) is 3.60. The standard InChI is InChI=1S/C9H9ClN4/c1-2-7-5-8(10)14(13-7)9-3-4-11-6-12-9/h3-6H,2H2,1H3. The zero-order valence-electron chi connectivity index (χ0n) is 7.68. The van der Waals surface area contributed by atoms with Gasteiger partial charge in [-0.15, -0.1) is 0 Å². The minimum Gasteiger partial charge on any atom is -0.245 e. The fourth-order valence-corrected chi connectivity index (χ4v) is 1.40. The fourth-order valence-electron chi connectivity index (χ4n) is 1.15. The van der Waals surface area contributed by atoms with Gasteiger partial charge in [-0.25, -0.2) is 14.6 Å². The smallest absolute Gasteiger partial charge is 0.158 e. The first-order chi connectivity index (χ1) is 6.81. The number of aryl methyl sites for hydroxylation is 1. The third-order valence-corrected chi connectivity index (χ3v) is 2.13. The van der Waals surface area contributed by atoms with E-state index in [1.54, 1.807) is 16.9 Å². The summed E-state index contributed by atoms with van der Waals surface area (Å²) in [5.41, 5.74) is 0.952. The lowest BCUT2D eigenvalue weighted by atomic mass is 10.3. The maximum Gasteiger partial charge on any atom is 0.158 e. The Bertz CT molecular complexity index is 424. The van der Waals surface area contributed by atoms with Crippen LogP contribution in [0.4, 0.5) is 0 Å². The summed E-state index contributed by atoms with van der Waals surface area (Å²) in [6.07, 6.45) is 3.99. The minimum atomic E-state index is 0.570. The van der Waals surface area contributed by atoms with E-state index >= 15 is 0 Å². The van der Waals surface area contributed by atoms with Crippen LogP contribution >= 0.6 is 11.6 Å². The molecule has 14 heavy (non-hydrogen) atoms. The molecule has 0 unspecified atom stereocenters. The molecule has 2 rings (SSSR count). The van der Waals surface area contributed by atoms with Crippen LogP contribution in [-0.2, 0) is 6.42 Å². The van der Waals surface area contributed by atoms with Crippen LogP contribution in [0, 0.1) is 0 Å². The van der Waals surface area contributed by atoms with E-state index in [-0.39, 0.29) is 0 Å². The summed E-state index contributed by atoms with van der Waals surface area (Å²) in [4.78, 5) is 7.89. The van der Waals surface area contributed by atoms with Gasteiger partial charge >= 0.3 is 0 Å². The molecule has 0 aliphatic heterocycles. The van der Waals surface area contributed by atoms with Gasteiger partial charge in [-0.05, 0) is 12.5 Å². The molecule has 5 heteroatoms. The van der Waals surface area contributed by atoms with Gasteiger partial charge in [0.1, 0.15) is 11.5 Å². The second kappa shape index (κ2) is 3.75. The molecule has 0 radical (unpaired) electrons. The highest BCUT2D eigenvalue weighted by atomic mass is 35.5. The highest BCUT2D eigenvalue weighted by Gasteiger charge is 2.06. The van der Waals surface area contributed by atoms with Crippen LogP contribution in [0.3, 0.4) is 0 Å². The number of aromatic nitrogens is 4. The van der Waals surface area contributed by atoms with E-state index in [0.717, 1.165) is 12.1 Å². The Morgan fingerprint density at radius 3 is 2.93 bits per heavy atom. The quantitative estimate of drug-likeness (QED) is 0.757. The molecule has 4 nitrogen and oxygen atoms in total. The van der Waals surface area contributed by atoms with Crippen LogP contribution in [0.15, 0.2) is 24.7 Å². The van der Waals surface area contributed by atoms with Gasteiger partial charge in [-0.1, -0.05) is 18.5 Å². The molecular formula is C9H9ClN4. The van der Waals surface area contributed by atoms with E-state index in [4.69, 9.17) is 11.6 Å². The molecular weight excluding hydrogens is 200 g/mol. The van der Waals surface area contributed by atoms with Crippen molar-refractivity contribution in [1.82, 2.24) is 19.7 Å². The average molecular weight is 209 g/mol. The monoisotopic (exact) mass is 208 g/mol. The summed E-state index contributed by atoms with van der Waals surface area (Å²) >= 11 is 6.00. The van der Waals surface area contributed by atoms with Gasteiger partial charge in [0.15, 0.2) is 5.82 Å². The fraction of sp³-hybridized carbons (Fsp3) is 0.222. The number of hydrogen-bond donors (Lipinski definition) is 0. The molecule has 2 heterocycles. The number of hydrogen-bond acceptors (Lipinski definition) is 3. The van der Waals surface area contributed by atoms with Crippen molar-refractivity contribution in [3.63, 3.8) is 0 Å². The molecule has 2 aromatic rings. The predicted octanol–water partition coefficient (Wildman–Crippen LogP) is 1.88. The van der Waals surface area contributed by atoms with Gasteiger partial charge in [0, 0.05) is 12.3 Å². The average Bonchev–Trinajstić information content (AvgIpc) is 2.61. The summed E-state index contributed by atoms with van der Waals surface area (Å²) in [5, 5.41) is 4.86. The van der Waals surface area contributed by atoms with Crippen LogP contribution in [0.2, 0.25) is 5.15 Å². The van der Waals surface area contributed by atoms with E-state index in [9.17, 15) is 0 Å². The highest BCUT2D eigenvalue weighted by Crippen LogP contribution is 2.15. The molecule has 0 saturated carbocycles. The first-order valence-electron chi connectivity index (χ1n) is 4.32. The van der Waals surface area contributed by atoms with Crippen LogP contribution < -0.4 is 0 Å². The van der Waals surface area contributed by atoms with Crippen LogP contribution in [0.5, 0.6) is 0 Å². The molecule has 0 bridgehead atoms. The molecule has 72 valence electrons. The molecule has 0 aliphatic rings. The van der Waals surface area contributed by atoms with Gasteiger partial charge in [0.05, 0.1) is 5.69 Å². The molecule has 0 aliphatic carbocycles. The Hall–Kier alpha value is -1.42. The first kappa shape index (κ1) is 9.15. The lowest BCUT2D eigenvalue weighted by Crippen LogP contribution is -2.00. The second-order valence-electron chi connectivity index (χ2n) is 2.79. The Morgan fingerprint density at radius 1 is 1.50 bits per heavy atom. The van der Waals surface area contributed by atoms with Crippen molar-refractivity contribution in [2.45, 2.75) is 13.3 Å². The molecule has 0 fully saturated rings. The molecule has 0 aromatic carbocycles. The van der Waals surface area contributed by atoms with Crippen LogP contribution in [0.25, 0.3) is 5.82 Å². The van der Waals surface area contributed by atoms with Crippen LogP contribution in [-0.4, -0.2) is 19.7 Å². The Morgan fingerprint density at radius 2 is 2.36 bits per heavy atom. The van der Waals surface area contributed by atoms with E-state index < -0.39 is 0 Å². The zero-order valence-corrected chi connectivity index (χ0v) is 8.44. The first-order valence-corrected chi connectivity index (χ1v) is 4.70. The van der Waals surface area contributed by atoms with Crippen molar-refractivity contribution >= 4 is 11.6 Å². The van der Waals surface area contributed by atoms with Crippen molar-refractivity contribution in [2.75, 3.05) is 0 Å². The Kier molecular flexibility index (Phi) is 2.45. The number of nitrogens with zero attached hydrogens (tertiary/aromatic N) is 4. The lowest BCUT2D eigenvalue weighted by molar-refractivity contribution is 0.811. The Labute approximate surface area is 86.6 Å². The topological polar surface area (TPSA) is 43.6 Å². The van der Waals surface area contributed by atoms with E-state index in [2.05, 4.69) is 15.1 Å². The van der Waals surface area contributed by atoms with Crippen molar-refractivity contribution in [3.8, 4) is 5.82 Å². The predicted molar refractivity (Wildman–Crippen MR) is 53.5 cm³/mol. The number of rotatable bonds is 2. The van der Waals surface area contributed by atoms with Crippen molar-refractivity contribution < 1.29 is 0 Å². The van der Waals surface area contributed by atoms with Crippen molar-refractivity contribution in [1.29, 1.82) is 0 Å². The SMILES string of the molecule is CCc1cc(Cl)n(-c2ccncn2)n1. The maximum absolute atomic E-state index is 6.00. The molecule has 0 atom stereocenters. The molecule has 2 aromatic heterocycles. The molecule has 0 spiro atoms. The maximum atomic E-state index is 6.00. The van der Waals surface area contributed by atoms with E-state index in [1.807, 2.05) is 13.0 Å². The highest BCUT2D eigenvalue weighted by molar-refractivity contribution is 6.29. The van der Waals surface area contributed by atoms with Crippen molar-refractivity contribution in [3.05, 3.63) is 35.5 Å². The number of halogens is 1. The third-order valence-electron chi connectivity index (χ3n) is 1.86. The van der Waals surface area contributed by atoms with Gasteiger partial charge in [-0.3, -0.25) is 0 Å². The Balaban J connectivity index is 2.46. The van der Waals surface area contributed by atoms with Gasteiger partial charge in [0.2, 0.25) is 0 Å². The van der Waals surface area contributed by atoms with Gasteiger partial charge < -0.3 is 0 Å². The largest absolute Gasteiger partial charge is 0.245 e. The van der Waals surface area contributed by atoms with Gasteiger partial charge in [-0.2, -0.15) is 5.10 Å². The minimum absolute atomic E-state index is 0.570. The van der Waals surface area contributed by atoms with Gasteiger partial charge in [0.25, 0.3) is 0 Å². The third kappa shape index (κ3) is 1.61. The molecule has 0 saturated heterocycles. The summed E-state index contributed by atoms with van der Waals surface area (Å²) < 4.78 is 1.60. The summed E-state index contributed by atoms with van der Waals surface area (Å²) in [7, 11) is 0. The normalized spacial score (nSPS) is 10.4. The summed E-state index contributed by atoms with van der Waals surface area (Å²) in [5.74, 6) is 0.685.